The molecule has 0 spiro atoms. The quantitative estimate of drug-likeness (QED) is 0.938. The highest BCUT2D eigenvalue weighted by molar-refractivity contribution is 5.32. The van der Waals surface area contributed by atoms with Crippen LogP contribution in [0.4, 0.5) is 0 Å². The third-order valence-electron chi connectivity index (χ3n) is 4.23. The van der Waals surface area contributed by atoms with Gasteiger partial charge in [-0.1, -0.05) is 28.9 Å². The molecule has 1 unspecified atom stereocenters. The second-order valence-electron chi connectivity index (χ2n) is 6.13. The molecule has 1 fully saturated rings. The Morgan fingerprint density at radius 1 is 1.33 bits per heavy atom. The Morgan fingerprint density at radius 3 is 3.05 bits per heavy atom. The number of aryl methyl sites for hydroxylation is 2. The molecule has 2 heterocycles. The predicted molar refractivity (Wildman–Crippen MR) is 82.3 cm³/mol. The number of hydrogen-bond donors (Lipinski definition) is 1. The summed E-state index contributed by atoms with van der Waals surface area (Å²) in [7, 11) is 0. The molecule has 1 saturated heterocycles. The maximum Gasteiger partial charge on any atom is 0.231 e. The van der Waals surface area contributed by atoms with Crippen LogP contribution in [0.1, 0.15) is 41.2 Å². The fourth-order valence-electron chi connectivity index (χ4n) is 2.95. The lowest BCUT2D eigenvalue weighted by Crippen LogP contribution is -2.31. The van der Waals surface area contributed by atoms with Gasteiger partial charge >= 0.3 is 0 Å². The molecule has 1 aliphatic rings. The standard InChI is InChI=1S/C17H23N3O/c1-12-5-6-13(2)15(8-12)10-17-19-16(20-21-17)9-14-4-3-7-18-11-14/h5-6,8,14,18H,3-4,7,9-11H2,1-2H3. The molecule has 21 heavy (non-hydrogen) atoms. The van der Waals surface area contributed by atoms with Gasteiger partial charge in [0.25, 0.3) is 0 Å². The van der Waals surface area contributed by atoms with Crippen LogP contribution in [0, 0.1) is 19.8 Å². The summed E-state index contributed by atoms with van der Waals surface area (Å²) < 4.78 is 5.42. The second kappa shape index (κ2) is 6.39. The number of benzene rings is 1. The first-order valence-electron chi connectivity index (χ1n) is 7.79. The Kier molecular flexibility index (Phi) is 4.34. The van der Waals surface area contributed by atoms with E-state index < -0.39 is 0 Å². The molecular formula is C17H23N3O. The number of aromatic nitrogens is 2. The van der Waals surface area contributed by atoms with Crippen molar-refractivity contribution in [2.24, 2.45) is 5.92 Å². The Balaban J connectivity index is 1.65. The zero-order chi connectivity index (χ0) is 14.7. The van der Waals surface area contributed by atoms with Gasteiger partial charge < -0.3 is 9.84 Å². The highest BCUT2D eigenvalue weighted by Crippen LogP contribution is 2.17. The molecule has 1 atom stereocenters. The van der Waals surface area contributed by atoms with Crippen LogP contribution in [0.25, 0.3) is 0 Å². The van der Waals surface area contributed by atoms with Crippen molar-refractivity contribution in [1.29, 1.82) is 0 Å². The molecule has 1 N–H and O–H groups in total. The van der Waals surface area contributed by atoms with E-state index in [0.717, 1.165) is 37.6 Å². The molecule has 4 nitrogen and oxygen atoms in total. The molecule has 3 rings (SSSR count). The van der Waals surface area contributed by atoms with Crippen LogP contribution in [-0.4, -0.2) is 23.2 Å². The van der Waals surface area contributed by atoms with Gasteiger partial charge in [-0.3, -0.25) is 0 Å². The zero-order valence-electron chi connectivity index (χ0n) is 12.9. The number of nitrogens with zero attached hydrogens (tertiary/aromatic N) is 2. The van der Waals surface area contributed by atoms with Crippen molar-refractivity contribution < 1.29 is 4.52 Å². The molecule has 4 heteroatoms. The number of hydrogen-bond acceptors (Lipinski definition) is 4. The maximum absolute atomic E-state index is 5.42. The SMILES string of the molecule is Cc1ccc(C)c(Cc2nc(CC3CCCNC3)no2)c1. The topological polar surface area (TPSA) is 51.0 Å². The van der Waals surface area contributed by atoms with Crippen LogP contribution in [0.2, 0.25) is 0 Å². The van der Waals surface area contributed by atoms with Crippen molar-refractivity contribution in [1.82, 2.24) is 15.5 Å². The van der Waals surface area contributed by atoms with Gasteiger partial charge in [0.05, 0.1) is 6.42 Å². The zero-order valence-corrected chi connectivity index (χ0v) is 12.9. The average molecular weight is 285 g/mol. The summed E-state index contributed by atoms with van der Waals surface area (Å²) in [6, 6.07) is 6.48. The normalized spacial score (nSPS) is 18.9. The van der Waals surface area contributed by atoms with Crippen LogP contribution in [0.3, 0.4) is 0 Å². The summed E-state index contributed by atoms with van der Waals surface area (Å²) in [5.41, 5.74) is 3.81. The summed E-state index contributed by atoms with van der Waals surface area (Å²) in [5.74, 6) is 2.22. The van der Waals surface area contributed by atoms with Gasteiger partial charge in [-0.05, 0) is 56.8 Å². The van der Waals surface area contributed by atoms with Crippen LogP contribution in [0.15, 0.2) is 22.7 Å². The minimum atomic E-state index is 0.643. The van der Waals surface area contributed by atoms with Gasteiger partial charge in [0.15, 0.2) is 5.82 Å². The summed E-state index contributed by atoms with van der Waals surface area (Å²) in [4.78, 5) is 4.56. The summed E-state index contributed by atoms with van der Waals surface area (Å²) in [6.45, 7) is 6.44. The molecule has 0 radical (unpaired) electrons. The molecule has 0 bridgehead atoms. The van der Waals surface area contributed by atoms with Crippen molar-refractivity contribution >= 4 is 0 Å². The van der Waals surface area contributed by atoms with Crippen LogP contribution >= 0.6 is 0 Å². The molecule has 1 aliphatic heterocycles. The fourth-order valence-corrected chi connectivity index (χ4v) is 2.95. The van der Waals surface area contributed by atoms with Crippen molar-refractivity contribution in [2.75, 3.05) is 13.1 Å². The van der Waals surface area contributed by atoms with E-state index >= 15 is 0 Å². The van der Waals surface area contributed by atoms with Crippen LogP contribution in [0.5, 0.6) is 0 Å². The fraction of sp³-hybridized carbons (Fsp3) is 0.529. The maximum atomic E-state index is 5.42. The van der Waals surface area contributed by atoms with E-state index in [4.69, 9.17) is 4.52 Å². The largest absolute Gasteiger partial charge is 0.339 e. The molecule has 1 aromatic carbocycles. The number of piperidine rings is 1. The van der Waals surface area contributed by atoms with Crippen molar-refractivity contribution in [3.63, 3.8) is 0 Å². The number of nitrogens with one attached hydrogen (secondary N) is 1. The van der Waals surface area contributed by atoms with Gasteiger partial charge in [-0.2, -0.15) is 4.98 Å². The minimum absolute atomic E-state index is 0.643. The van der Waals surface area contributed by atoms with Crippen LogP contribution < -0.4 is 5.32 Å². The predicted octanol–water partition coefficient (Wildman–Crippen LogP) is 2.82. The summed E-state index contributed by atoms with van der Waals surface area (Å²) in [6.07, 6.45) is 4.15. The van der Waals surface area contributed by atoms with E-state index in [2.05, 4.69) is 47.5 Å². The molecular weight excluding hydrogens is 262 g/mol. The Hall–Kier alpha value is -1.68. The lowest BCUT2D eigenvalue weighted by molar-refractivity contribution is 0.351. The Labute approximate surface area is 126 Å². The minimum Gasteiger partial charge on any atom is -0.339 e. The third-order valence-corrected chi connectivity index (χ3v) is 4.23. The first-order valence-corrected chi connectivity index (χ1v) is 7.79. The first-order chi connectivity index (χ1) is 10.2. The van der Waals surface area contributed by atoms with E-state index in [0.29, 0.717) is 5.92 Å². The Bertz CT molecular complexity index is 600. The monoisotopic (exact) mass is 285 g/mol. The van der Waals surface area contributed by atoms with Gasteiger partial charge in [0, 0.05) is 6.42 Å². The molecule has 112 valence electrons. The van der Waals surface area contributed by atoms with Crippen molar-refractivity contribution in [3.05, 3.63) is 46.6 Å². The van der Waals surface area contributed by atoms with Gasteiger partial charge in [0.1, 0.15) is 0 Å². The van der Waals surface area contributed by atoms with E-state index in [1.54, 1.807) is 0 Å². The lowest BCUT2D eigenvalue weighted by atomic mass is 9.96. The summed E-state index contributed by atoms with van der Waals surface area (Å²) >= 11 is 0. The smallest absolute Gasteiger partial charge is 0.231 e. The van der Waals surface area contributed by atoms with Crippen molar-refractivity contribution in [2.45, 2.75) is 39.5 Å². The summed E-state index contributed by atoms with van der Waals surface area (Å²) in [5, 5.41) is 7.57. The third kappa shape index (κ3) is 3.70. The van der Waals surface area contributed by atoms with Crippen molar-refractivity contribution in [3.8, 4) is 0 Å². The lowest BCUT2D eigenvalue weighted by Gasteiger charge is -2.20. The highest BCUT2D eigenvalue weighted by Gasteiger charge is 2.17. The molecule has 0 aliphatic carbocycles. The molecule has 0 amide bonds. The van der Waals surface area contributed by atoms with Gasteiger partial charge in [-0.25, -0.2) is 0 Å². The highest BCUT2D eigenvalue weighted by atomic mass is 16.5. The average Bonchev–Trinajstić information content (AvgIpc) is 2.91. The van der Waals surface area contributed by atoms with Gasteiger partial charge in [-0.15, -0.1) is 0 Å². The Morgan fingerprint density at radius 2 is 2.24 bits per heavy atom. The molecule has 1 aromatic heterocycles. The van der Waals surface area contributed by atoms with Gasteiger partial charge in [0.2, 0.25) is 5.89 Å². The molecule has 0 saturated carbocycles. The second-order valence-corrected chi connectivity index (χ2v) is 6.13. The number of rotatable bonds is 4. The van der Waals surface area contributed by atoms with E-state index in [1.165, 1.54) is 29.5 Å². The van der Waals surface area contributed by atoms with E-state index in [1.807, 2.05) is 0 Å². The van der Waals surface area contributed by atoms with Crippen LogP contribution in [-0.2, 0) is 12.8 Å². The van der Waals surface area contributed by atoms with E-state index in [-0.39, 0.29) is 0 Å². The first kappa shape index (κ1) is 14.3. The van der Waals surface area contributed by atoms with E-state index in [9.17, 15) is 0 Å². The molecule has 2 aromatic rings.